The summed E-state index contributed by atoms with van der Waals surface area (Å²) < 4.78 is 5.29. The molecule has 0 bridgehead atoms. The maximum atomic E-state index is 12.1. The summed E-state index contributed by atoms with van der Waals surface area (Å²) >= 11 is 0. The first-order valence-corrected chi connectivity index (χ1v) is 10.2. The number of fused-ring (bicyclic) bond motifs is 1. The first-order chi connectivity index (χ1) is 13.1. The second-order valence-electron chi connectivity index (χ2n) is 8.60. The monoisotopic (exact) mass is 365 g/mol. The standard InChI is InChI=1S/C23H27NO3/c1-2-23(26)10-4-5-16-12-24(13-20(16)23)11-15-8-9-17-14-27-22(25)19-7-3-6-18(15)21(17)19/h3,6-9,16,20,26H,2,4-5,10-14H2,1H3/t16-,20+,23-/m0/s1. The number of likely N-dealkylation sites (tertiary alicyclic amines) is 1. The summed E-state index contributed by atoms with van der Waals surface area (Å²) in [4.78, 5) is 14.6. The average molecular weight is 365 g/mol. The molecule has 0 aromatic heterocycles. The van der Waals surface area contributed by atoms with Crippen molar-refractivity contribution in [1.82, 2.24) is 4.90 Å². The molecule has 0 radical (unpaired) electrons. The van der Waals surface area contributed by atoms with Crippen LogP contribution in [0.1, 0.15) is 54.1 Å². The number of carbonyl (C=O) groups is 1. The van der Waals surface area contributed by atoms with E-state index in [1.54, 1.807) is 0 Å². The fraction of sp³-hybridized carbons (Fsp3) is 0.522. The summed E-state index contributed by atoms with van der Waals surface area (Å²) in [7, 11) is 0. The second kappa shape index (κ2) is 6.32. The van der Waals surface area contributed by atoms with Gasteiger partial charge in [0.15, 0.2) is 0 Å². The van der Waals surface area contributed by atoms with E-state index in [1.807, 2.05) is 12.1 Å². The van der Waals surface area contributed by atoms with Crippen LogP contribution in [0.15, 0.2) is 30.3 Å². The lowest BCUT2D eigenvalue weighted by atomic mass is 9.69. The van der Waals surface area contributed by atoms with Crippen LogP contribution in [0.2, 0.25) is 0 Å². The highest BCUT2D eigenvalue weighted by atomic mass is 16.5. The lowest BCUT2D eigenvalue weighted by Crippen LogP contribution is -2.44. The first-order valence-electron chi connectivity index (χ1n) is 10.2. The smallest absolute Gasteiger partial charge is 0.339 e. The van der Waals surface area contributed by atoms with Crippen molar-refractivity contribution in [2.75, 3.05) is 13.1 Å². The van der Waals surface area contributed by atoms with Crippen LogP contribution in [0.4, 0.5) is 0 Å². The molecule has 0 spiro atoms. The number of ether oxygens (including phenoxy) is 1. The molecule has 4 heteroatoms. The van der Waals surface area contributed by atoms with Gasteiger partial charge < -0.3 is 9.84 Å². The predicted octanol–water partition coefficient (Wildman–Crippen LogP) is 3.88. The van der Waals surface area contributed by atoms with Crippen molar-refractivity contribution in [3.05, 3.63) is 47.0 Å². The van der Waals surface area contributed by atoms with Crippen molar-refractivity contribution < 1.29 is 14.6 Å². The molecular weight excluding hydrogens is 338 g/mol. The SMILES string of the molecule is CC[C@]1(O)CCC[C@H]2CN(Cc3ccc4c5c(cccc35)C(=O)OC4)C[C@H]21. The Morgan fingerprint density at radius 3 is 3.00 bits per heavy atom. The van der Waals surface area contributed by atoms with E-state index in [9.17, 15) is 9.90 Å². The van der Waals surface area contributed by atoms with E-state index < -0.39 is 5.60 Å². The zero-order chi connectivity index (χ0) is 18.6. The molecule has 5 rings (SSSR count). The van der Waals surface area contributed by atoms with Crippen molar-refractivity contribution in [3.63, 3.8) is 0 Å². The highest BCUT2D eigenvalue weighted by molar-refractivity contribution is 6.08. The number of aliphatic hydroxyl groups is 1. The third-order valence-corrected chi connectivity index (χ3v) is 7.19. The number of esters is 1. The Morgan fingerprint density at radius 2 is 2.15 bits per heavy atom. The minimum absolute atomic E-state index is 0.217. The minimum atomic E-state index is -0.485. The lowest BCUT2D eigenvalue weighted by molar-refractivity contribution is -0.0613. The van der Waals surface area contributed by atoms with Crippen LogP contribution >= 0.6 is 0 Å². The van der Waals surface area contributed by atoms with E-state index in [-0.39, 0.29) is 5.97 Å². The van der Waals surface area contributed by atoms with E-state index in [2.05, 4.69) is 30.0 Å². The molecule has 2 fully saturated rings. The minimum Gasteiger partial charge on any atom is -0.457 e. The maximum Gasteiger partial charge on any atom is 0.339 e. The van der Waals surface area contributed by atoms with Gasteiger partial charge >= 0.3 is 5.97 Å². The van der Waals surface area contributed by atoms with E-state index in [0.29, 0.717) is 24.0 Å². The Hall–Kier alpha value is -1.91. The number of carbonyl (C=O) groups excluding carboxylic acids is 1. The lowest BCUT2D eigenvalue weighted by Gasteiger charge is -2.40. The highest BCUT2D eigenvalue weighted by Gasteiger charge is 2.47. The summed E-state index contributed by atoms with van der Waals surface area (Å²) in [6, 6.07) is 10.2. The van der Waals surface area contributed by atoms with Gasteiger partial charge in [0.2, 0.25) is 0 Å². The Kier molecular flexibility index (Phi) is 4.03. The summed E-state index contributed by atoms with van der Waals surface area (Å²) in [5.74, 6) is 0.787. The predicted molar refractivity (Wildman–Crippen MR) is 104 cm³/mol. The van der Waals surface area contributed by atoms with Crippen LogP contribution in [-0.2, 0) is 17.9 Å². The number of nitrogens with zero attached hydrogens (tertiary/aromatic N) is 1. The van der Waals surface area contributed by atoms with Gasteiger partial charge in [0.25, 0.3) is 0 Å². The third-order valence-electron chi connectivity index (χ3n) is 7.19. The number of hydrogen-bond acceptors (Lipinski definition) is 4. The van der Waals surface area contributed by atoms with Gasteiger partial charge in [-0.2, -0.15) is 0 Å². The maximum absolute atomic E-state index is 12.1. The molecule has 2 aliphatic heterocycles. The summed E-state index contributed by atoms with van der Waals surface area (Å²) in [5, 5.41) is 13.3. The number of benzene rings is 2. The molecule has 4 nitrogen and oxygen atoms in total. The van der Waals surface area contributed by atoms with Crippen molar-refractivity contribution in [3.8, 4) is 0 Å². The molecule has 2 aromatic carbocycles. The molecule has 3 aliphatic rings. The van der Waals surface area contributed by atoms with E-state index in [4.69, 9.17) is 4.74 Å². The zero-order valence-corrected chi connectivity index (χ0v) is 15.9. The molecule has 142 valence electrons. The Bertz CT molecular complexity index is 908. The van der Waals surface area contributed by atoms with Crippen molar-refractivity contribution in [2.45, 2.75) is 51.4 Å². The van der Waals surface area contributed by atoms with Crippen LogP contribution in [0.25, 0.3) is 10.8 Å². The second-order valence-corrected chi connectivity index (χ2v) is 8.60. The Labute approximate surface area is 160 Å². The van der Waals surface area contributed by atoms with E-state index >= 15 is 0 Å². The molecule has 1 aliphatic carbocycles. The number of rotatable bonds is 3. The quantitative estimate of drug-likeness (QED) is 0.839. The van der Waals surface area contributed by atoms with Crippen LogP contribution < -0.4 is 0 Å². The van der Waals surface area contributed by atoms with Gasteiger partial charge in [0.1, 0.15) is 6.61 Å². The van der Waals surface area contributed by atoms with Gasteiger partial charge in [-0.05, 0) is 47.8 Å². The van der Waals surface area contributed by atoms with Gasteiger partial charge in [-0.3, -0.25) is 4.90 Å². The highest BCUT2D eigenvalue weighted by Crippen LogP contribution is 2.45. The molecule has 1 saturated carbocycles. The van der Waals surface area contributed by atoms with E-state index in [0.717, 1.165) is 49.8 Å². The summed E-state index contributed by atoms with van der Waals surface area (Å²) in [6.07, 6.45) is 4.17. The van der Waals surface area contributed by atoms with Gasteiger partial charge in [-0.1, -0.05) is 37.6 Å². The van der Waals surface area contributed by atoms with Gasteiger partial charge in [0, 0.05) is 30.9 Å². The van der Waals surface area contributed by atoms with Crippen LogP contribution in [0.5, 0.6) is 0 Å². The molecule has 0 unspecified atom stereocenters. The molecule has 2 heterocycles. The molecule has 0 amide bonds. The molecule has 2 aromatic rings. The van der Waals surface area contributed by atoms with Crippen LogP contribution in [-0.4, -0.2) is 34.7 Å². The van der Waals surface area contributed by atoms with Crippen molar-refractivity contribution >= 4 is 16.7 Å². The fourth-order valence-corrected chi connectivity index (χ4v) is 5.72. The molecular formula is C23H27NO3. The largest absolute Gasteiger partial charge is 0.457 e. The third kappa shape index (κ3) is 2.69. The summed E-state index contributed by atoms with van der Waals surface area (Å²) in [5.41, 5.74) is 2.57. The molecule has 27 heavy (non-hydrogen) atoms. The molecule has 3 atom stereocenters. The Morgan fingerprint density at radius 1 is 1.26 bits per heavy atom. The van der Waals surface area contributed by atoms with Gasteiger partial charge in [0.05, 0.1) is 11.2 Å². The van der Waals surface area contributed by atoms with Crippen LogP contribution in [0, 0.1) is 11.8 Å². The number of cyclic esters (lactones) is 1. The van der Waals surface area contributed by atoms with E-state index in [1.165, 1.54) is 17.4 Å². The van der Waals surface area contributed by atoms with Crippen LogP contribution in [0.3, 0.4) is 0 Å². The van der Waals surface area contributed by atoms with Crippen molar-refractivity contribution in [1.29, 1.82) is 0 Å². The Balaban J connectivity index is 1.46. The van der Waals surface area contributed by atoms with Gasteiger partial charge in [-0.15, -0.1) is 0 Å². The average Bonchev–Trinajstić information content (AvgIpc) is 3.10. The number of hydrogen-bond donors (Lipinski definition) is 1. The van der Waals surface area contributed by atoms with Crippen molar-refractivity contribution in [2.24, 2.45) is 11.8 Å². The fourth-order valence-electron chi connectivity index (χ4n) is 5.72. The first kappa shape index (κ1) is 17.2. The normalized spacial score (nSPS) is 30.4. The molecule has 1 saturated heterocycles. The summed E-state index contributed by atoms with van der Waals surface area (Å²) in [6.45, 7) is 5.40. The van der Waals surface area contributed by atoms with Gasteiger partial charge in [-0.25, -0.2) is 4.79 Å². The zero-order valence-electron chi connectivity index (χ0n) is 15.9. The molecule has 1 N–H and O–H groups in total. The topological polar surface area (TPSA) is 49.8 Å².